The third kappa shape index (κ3) is 3.73. The van der Waals surface area contributed by atoms with E-state index in [9.17, 15) is 18.8 Å². The first-order valence-corrected chi connectivity index (χ1v) is 8.15. The van der Waals surface area contributed by atoms with E-state index in [4.69, 9.17) is 0 Å². The lowest BCUT2D eigenvalue weighted by atomic mass is 10.1. The van der Waals surface area contributed by atoms with Crippen LogP contribution in [-0.2, 0) is 16.1 Å². The summed E-state index contributed by atoms with van der Waals surface area (Å²) in [5, 5.41) is 7.77. The summed E-state index contributed by atoms with van der Waals surface area (Å²) in [6.45, 7) is 0.699. The van der Waals surface area contributed by atoms with Crippen LogP contribution in [-0.4, -0.2) is 58.9 Å². The van der Waals surface area contributed by atoms with Gasteiger partial charge in [0.1, 0.15) is 17.7 Å². The first-order valence-electron chi connectivity index (χ1n) is 8.15. The van der Waals surface area contributed by atoms with Gasteiger partial charge in [0, 0.05) is 20.1 Å². The molecule has 3 rings (SSSR count). The molecule has 1 aliphatic heterocycles. The number of H-pyrrole nitrogens is 1. The highest BCUT2D eigenvalue weighted by atomic mass is 19.1. The lowest BCUT2D eigenvalue weighted by Crippen LogP contribution is -2.60. The van der Waals surface area contributed by atoms with Gasteiger partial charge in [0.25, 0.3) is 0 Å². The number of aromatic amines is 1. The third-order valence-corrected chi connectivity index (χ3v) is 4.15. The van der Waals surface area contributed by atoms with Crippen LogP contribution in [0.15, 0.2) is 18.2 Å². The van der Waals surface area contributed by atoms with Gasteiger partial charge in [-0.2, -0.15) is 0 Å². The first kappa shape index (κ1) is 17.6. The molecule has 4 N–H and O–H groups in total. The van der Waals surface area contributed by atoms with E-state index in [0.29, 0.717) is 29.9 Å². The smallest absolute Gasteiger partial charge is 0.318 e. The van der Waals surface area contributed by atoms with Gasteiger partial charge in [-0.25, -0.2) is 14.2 Å². The van der Waals surface area contributed by atoms with E-state index in [0.717, 1.165) is 0 Å². The van der Waals surface area contributed by atoms with Crippen LogP contribution in [0.25, 0.3) is 11.0 Å². The number of nitrogens with zero attached hydrogens (tertiary/aromatic N) is 2. The SMILES string of the molecule is CNC(=O)C[C@@H]1C(=O)NCCN1C(=O)NCc1nc2ccc(F)cc2[nH]1. The molecular formula is C16H19FN6O3. The van der Waals surface area contributed by atoms with Gasteiger partial charge in [-0.05, 0) is 18.2 Å². The number of urea groups is 1. The van der Waals surface area contributed by atoms with Crippen LogP contribution in [0.1, 0.15) is 12.2 Å². The number of carbonyl (C=O) groups excluding carboxylic acids is 3. The number of halogens is 1. The van der Waals surface area contributed by atoms with E-state index in [1.54, 1.807) is 6.07 Å². The van der Waals surface area contributed by atoms with Crippen molar-refractivity contribution in [1.29, 1.82) is 0 Å². The fraction of sp³-hybridized carbons (Fsp3) is 0.375. The molecule has 26 heavy (non-hydrogen) atoms. The molecule has 1 aromatic carbocycles. The number of fused-ring (bicyclic) bond motifs is 1. The highest BCUT2D eigenvalue weighted by Gasteiger charge is 2.34. The number of aromatic nitrogens is 2. The lowest BCUT2D eigenvalue weighted by molar-refractivity contribution is -0.132. The fourth-order valence-corrected chi connectivity index (χ4v) is 2.82. The van der Waals surface area contributed by atoms with E-state index in [-0.39, 0.29) is 30.6 Å². The molecule has 4 amide bonds. The summed E-state index contributed by atoms with van der Waals surface area (Å²) in [4.78, 5) is 44.6. The van der Waals surface area contributed by atoms with Crippen molar-refractivity contribution in [2.24, 2.45) is 0 Å². The molecule has 10 heteroatoms. The molecule has 0 bridgehead atoms. The summed E-state index contributed by atoms with van der Waals surface area (Å²) in [7, 11) is 1.47. The van der Waals surface area contributed by atoms with Crippen LogP contribution in [0.5, 0.6) is 0 Å². The Morgan fingerprint density at radius 3 is 3.00 bits per heavy atom. The van der Waals surface area contributed by atoms with Crippen molar-refractivity contribution in [2.75, 3.05) is 20.1 Å². The zero-order valence-corrected chi connectivity index (χ0v) is 14.1. The molecule has 1 aromatic heterocycles. The van der Waals surface area contributed by atoms with Gasteiger partial charge in [-0.1, -0.05) is 0 Å². The zero-order valence-electron chi connectivity index (χ0n) is 14.1. The van der Waals surface area contributed by atoms with Crippen molar-refractivity contribution in [3.63, 3.8) is 0 Å². The number of imidazole rings is 1. The highest BCUT2D eigenvalue weighted by Crippen LogP contribution is 2.13. The van der Waals surface area contributed by atoms with Crippen LogP contribution >= 0.6 is 0 Å². The molecule has 0 aliphatic carbocycles. The van der Waals surface area contributed by atoms with Crippen molar-refractivity contribution >= 4 is 28.9 Å². The van der Waals surface area contributed by atoms with Gasteiger partial charge in [-0.15, -0.1) is 0 Å². The summed E-state index contributed by atoms with van der Waals surface area (Å²) in [5.41, 5.74) is 1.12. The minimum Gasteiger partial charge on any atom is -0.359 e. The van der Waals surface area contributed by atoms with Gasteiger partial charge in [0.15, 0.2) is 0 Å². The number of hydrogen-bond acceptors (Lipinski definition) is 4. The maximum atomic E-state index is 13.2. The Bertz CT molecular complexity index is 852. The number of hydrogen-bond donors (Lipinski definition) is 4. The topological polar surface area (TPSA) is 119 Å². The number of rotatable bonds is 4. The molecule has 1 saturated heterocycles. The van der Waals surface area contributed by atoms with Crippen molar-refractivity contribution in [3.05, 3.63) is 29.8 Å². The number of benzene rings is 1. The van der Waals surface area contributed by atoms with E-state index >= 15 is 0 Å². The summed E-state index contributed by atoms with van der Waals surface area (Å²) in [6, 6.07) is 2.83. The van der Waals surface area contributed by atoms with Crippen LogP contribution < -0.4 is 16.0 Å². The van der Waals surface area contributed by atoms with E-state index in [2.05, 4.69) is 25.9 Å². The summed E-state index contributed by atoms with van der Waals surface area (Å²) >= 11 is 0. The fourth-order valence-electron chi connectivity index (χ4n) is 2.82. The number of piperazine rings is 1. The predicted octanol–water partition coefficient (Wildman–Crippen LogP) is -0.152. The normalized spacial score (nSPS) is 17.1. The second-order valence-corrected chi connectivity index (χ2v) is 5.88. The predicted molar refractivity (Wildman–Crippen MR) is 90.5 cm³/mol. The largest absolute Gasteiger partial charge is 0.359 e. The maximum absolute atomic E-state index is 13.2. The van der Waals surface area contributed by atoms with Crippen LogP contribution in [0, 0.1) is 5.82 Å². The maximum Gasteiger partial charge on any atom is 0.318 e. The Morgan fingerprint density at radius 1 is 1.42 bits per heavy atom. The summed E-state index contributed by atoms with van der Waals surface area (Å²) in [6.07, 6.45) is -0.111. The molecule has 1 atom stereocenters. The molecule has 2 heterocycles. The highest BCUT2D eigenvalue weighted by molar-refractivity contribution is 5.92. The molecule has 0 radical (unpaired) electrons. The molecule has 0 unspecified atom stereocenters. The van der Waals surface area contributed by atoms with Crippen molar-refractivity contribution in [2.45, 2.75) is 19.0 Å². The molecule has 1 aliphatic rings. The van der Waals surface area contributed by atoms with Crippen LogP contribution in [0.3, 0.4) is 0 Å². The van der Waals surface area contributed by atoms with Gasteiger partial charge in [0.2, 0.25) is 11.8 Å². The Morgan fingerprint density at radius 2 is 2.23 bits per heavy atom. The number of carbonyl (C=O) groups is 3. The lowest BCUT2D eigenvalue weighted by Gasteiger charge is -2.34. The molecule has 2 aromatic rings. The Balaban J connectivity index is 1.66. The molecule has 0 saturated carbocycles. The zero-order chi connectivity index (χ0) is 18.7. The molecule has 138 valence electrons. The minimum absolute atomic E-state index is 0.0833. The van der Waals surface area contributed by atoms with Gasteiger partial charge < -0.3 is 25.8 Å². The minimum atomic E-state index is -0.867. The van der Waals surface area contributed by atoms with E-state index in [1.807, 2.05) is 0 Å². The number of nitrogens with one attached hydrogen (secondary N) is 4. The second-order valence-electron chi connectivity index (χ2n) is 5.88. The standard InChI is InChI=1S/C16H19FN6O3/c1-18-14(24)7-12-15(25)19-4-5-23(12)16(26)20-8-13-21-10-3-2-9(17)6-11(10)22-13/h2-3,6,12H,4-5,7-8H2,1H3,(H,18,24)(H,19,25)(H,20,26)(H,21,22)/t12-/m1/s1. The molecule has 9 nitrogen and oxygen atoms in total. The molecule has 0 spiro atoms. The second kappa shape index (κ2) is 7.38. The van der Waals surface area contributed by atoms with Crippen LogP contribution in [0.2, 0.25) is 0 Å². The Hall–Kier alpha value is -3.17. The van der Waals surface area contributed by atoms with Crippen molar-refractivity contribution in [1.82, 2.24) is 30.8 Å². The first-order chi connectivity index (χ1) is 12.5. The summed E-state index contributed by atoms with van der Waals surface area (Å²) in [5.74, 6) is -0.616. The average molecular weight is 362 g/mol. The van der Waals surface area contributed by atoms with Gasteiger partial charge >= 0.3 is 6.03 Å². The molecule has 1 fully saturated rings. The van der Waals surface area contributed by atoms with Crippen LogP contribution in [0.4, 0.5) is 9.18 Å². The van der Waals surface area contributed by atoms with Gasteiger partial charge in [-0.3, -0.25) is 9.59 Å². The Labute approximate surface area is 148 Å². The van der Waals surface area contributed by atoms with Crippen molar-refractivity contribution in [3.8, 4) is 0 Å². The average Bonchev–Trinajstić information content (AvgIpc) is 3.03. The van der Waals surface area contributed by atoms with E-state index < -0.39 is 12.1 Å². The third-order valence-electron chi connectivity index (χ3n) is 4.15. The van der Waals surface area contributed by atoms with Gasteiger partial charge in [0.05, 0.1) is 24.0 Å². The molecular weight excluding hydrogens is 343 g/mol. The van der Waals surface area contributed by atoms with E-state index in [1.165, 1.54) is 24.1 Å². The van der Waals surface area contributed by atoms with Crippen molar-refractivity contribution < 1.29 is 18.8 Å². The Kier molecular flexibility index (Phi) is 5.01. The quantitative estimate of drug-likeness (QED) is 0.605. The number of amides is 4. The monoisotopic (exact) mass is 362 g/mol. The summed E-state index contributed by atoms with van der Waals surface area (Å²) < 4.78 is 13.2.